The second-order valence-corrected chi connectivity index (χ2v) is 9.24. The van der Waals surface area contributed by atoms with E-state index in [1.807, 2.05) is 48.9 Å². The summed E-state index contributed by atoms with van der Waals surface area (Å²) < 4.78 is 3.33. The minimum Gasteiger partial charge on any atom is -0.356 e. The highest BCUT2D eigenvalue weighted by molar-refractivity contribution is 6.05. The SMILES string of the molecule is CCCCn1nc(C(=O)N/N=C/c2c(C)nn(-c3ccccc3)c2N2CCCC2)c2ccccc2c1=O. The van der Waals surface area contributed by atoms with Crippen molar-refractivity contribution in [2.75, 3.05) is 18.0 Å². The van der Waals surface area contributed by atoms with E-state index in [-0.39, 0.29) is 11.3 Å². The number of aromatic nitrogens is 4. The second kappa shape index (κ2) is 10.8. The van der Waals surface area contributed by atoms with Crippen molar-refractivity contribution >= 4 is 28.7 Å². The first kappa shape index (κ1) is 24.4. The van der Waals surface area contributed by atoms with Gasteiger partial charge in [-0.3, -0.25) is 9.59 Å². The minimum absolute atomic E-state index is 0.180. The highest BCUT2D eigenvalue weighted by Crippen LogP contribution is 2.29. The number of carbonyl (C=O) groups excluding carboxylic acids is 1. The Bertz CT molecular complexity index is 1500. The number of anilines is 1. The first-order valence-corrected chi connectivity index (χ1v) is 12.8. The van der Waals surface area contributed by atoms with Crippen LogP contribution in [0.4, 0.5) is 5.82 Å². The van der Waals surface area contributed by atoms with Crippen LogP contribution in [0, 0.1) is 6.92 Å². The molecule has 1 fully saturated rings. The van der Waals surface area contributed by atoms with Crippen molar-refractivity contribution < 1.29 is 4.79 Å². The highest BCUT2D eigenvalue weighted by Gasteiger charge is 2.24. The van der Waals surface area contributed by atoms with Gasteiger partial charge in [0.25, 0.3) is 11.5 Å². The largest absolute Gasteiger partial charge is 0.356 e. The number of unbranched alkanes of at least 4 members (excludes halogenated alkanes) is 1. The highest BCUT2D eigenvalue weighted by atomic mass is 16.2. The molecule has 0 saturated carbocycles. The summed E-state index contributed by atoms with van der Waals surface area (Å²) in [6, 6.07) is 17.1. The summed E-state index contributed by atoms with van der Waals surface area (Å²) >= 11 is 0. The maximum absolute atomic E-state index is 13.2. The first-order chi connectivity index (χ1) is 18.1. The predicted molar refractivity (Wildman–Crippen MR) is 146 cm³/mol. The van der Waals surface area contributed by atoms with Gasteiger partial charge in [-0.2, -0.15) is 15.3 Å². The number of fused-ring (bicyclic) bond motifs is 1. The lowest BCUT2D eigenvalue weighted by Crippen LogP contribution is -2.29. The van der Waals surface area contributed by atoms with Gasteiger partial charge in [0.15, 0.2) is 5.69 Å². The van der Waals surface area contributed by atoms with Crippen molar-refractivity contribution in [3.05, 3.63) is 81.9 Å². The molecule has 9 heteroatoms. The summed E-state index contributed by atoms with van der Waals surface area (Å²) in [4.78, 5) is 28.4. The Morgan fingerprint density at radius 3 is 2.46 bits per heavy atom. The van der Waals surface area contributed by atoms with Crippen molar-refractivity contribution in [3.63, 3.8) is 0 Å². The number of nitrogens with one attached hydrogen (secondary N) is 1. The molecule has 0 spiro atoms. The van der Waals surface area contributed by atoms with Gasteiger partial charge >= 0.3 is 0 Å². The van der Waals surface area contributed by atoms with Crippen LogP contribution in [-0.4, -0.2) is 44.8 Å². The zero-order valence-corrected chi connectivity index (χ0v) is 21.2. The topological polar surface area (TPSA) is 97.4 Å². The summed E-state index contributed by atoms with van der Waals surface area (Å²) in [5, 5.41) is 14.5. The molecule has 5 rings (SSSR count). The van der Waals surface area contributed by atoms with Crippen LogP contribution in [-0.2, 0) is 6.54 Å². The standard InChI is InChI=1S/C28H31N7O2/c1-3-4-18-34-28(37)23-15-9-8-14-22(23)25(32-34)26(36)30-29-19-24-20(2)31-35(21-12-6-5-7-13-21)27(24)33-16-10-11-17-33/h5-9,12-15,19H,3-4,10-11,16-18H2,1-2H3,(H,30,36)/b29-19+. The molecule has 4 aromatic rings. The Balaban J connectivity index is 1.47. The van der Waals surface area contributed by atoms with Crippen LogP contribution in [0.2, 0.25) is 0 Å². The van der Waals surface area contributed by atoms with Gasteiger partial charge in [0.05, 0.1) is 28.5 Å². The molecule has 0 radical (unpaired) electrons. The molecule has 1 N–H and O–H groups in total. The number of para-hydroxylation sites is 1. The molecule has 190 valence electrons. The van der Waals surface area contributed by atoms with Gasteiger partial charge in [-0.15, -0.1) is 0 Å². The van der Waals surface area contributed by atoms with Crippen LogP contribution >= 0.6 is 0 Å². The van der Waals surface area contributed by atoms with Crippen molar-refractivity contribution in [1.82, 2.24) is 25.0 Å². The number of hydrogen-bond acceptors (Lipinski definition) is 6. The summed E-state index contributed by atoms with van der Waals surface area (Å²) in [5.74, 6) is 0.504. The fourth-order valence-corrected chi connectivity index (χ4v) is 4.73. The summed E-state index contributed by atoms with van der Waals surface area (Å²) in [7, 11) is 0. The van der Waals surface area contributed by atoms with Gasteiger partial charge in [0.2, 0.25) is 0 Å². The fraction of sp³-hybridized carbons (Fsp3) is 0.321. The van der Waals surface area contributed by atoms with Crippen LogP contribution in [0.3, 0.4) is 0 Å². The number of hydrazone groups is 1. The summed E-state index contributed by atoms with van der Waals surface area (Å²) in [6.45, 7) is 6.34. The Morgan fingerprint density at radius 2 is 1.73 bits per heavy atom. The van der Waals surface area contributed by atoms with Gasteiger partial charge < -0.3 is 4.90 Å². The number of aryl methyl sites for hydroxylation is 2. The van der Waals surface area contributed by atoms with E-state index in [9.17, 15) is 9.59 Å². The molecular weight excluding hydrogens is 466 g/mol. The van der Waals surface area contributed by atoms with E-state index in [0.29, 0.717) is 17.3 Å². The van der Waals surface area contributed by atoms with Crippen LogP contribution in [0.15, 0.2) is 64.5 Å². The molecule has 0 bridgehead atoms. The second-order valence-electron chi connectivity index (χ2n) is 9.24. The molecule has 0 unspecified atom stereocenters. The van der Waals surface area contributed by atoms with E-state index in [4.69, 9.17) is 5.10 Å². The molecule has 1 aliphatic rings. The molecule has 3 heterocycles. The van der Waals surface area contributed by atoms with Crippen LogP contribution in [0.5, 0.6) is 0 Å². The van der Waals surface area contributed by atoms with Gasteiger partial charge in [-0.25, -0.2) is 14.8 Å². The monoisotopic (exact) mass is 497 g/mol. The number of amides is 1. The molecule has 37 heavy (non-hydrogen) atoms. The number of hydrogen-bond donors (Lipinski definition) is 1. The zero-order chi connectivity index (χ0) is 25.8. The van der Waals surface area contributed by atoms with Crippen molar-refractivity contribution in [1.29, 1.82) is 0 Å². The van der Waals surface area contributed by atoms with E-state index < -0.39 is 5.91 Å². The van der Waals surface area contributed by atoms with E-state index >= 15 is 0 Å². The smallest absolute Gasteiger partial charge is 0.292 e. The Morgan fingerprint density at radius 1 is 1.03 bits per heavy atom. The van der Waals surface area contributed by atoms with Gasteiger partial charge in [-0.1, -0.05) is 49.7 Å². The van der Waals surface area contributed by atoms with Gasteiger partial charge in [0.1, 0.15) is 5.82 Å². The fourth-order valence-electron chi connectivity index (χ4n) is 4.73. The lowest BCUT2D eigenvalue weighted by molar-refractivity contribution is 0.0949. The van der Waals surface area contributed by atoms with E-state index in [1.54, 1.807) is 30.5 Å². The zero-order valence-electron chi connectivity index (χ0n) is 21.2. The van der Waals surface area contributed by atoms with E-state index in [1.165, 1.54) is 4.68 Å². The molecule has 0 atom stereocenters. The van der Waals surface area contributed by atoms with Gasteiger partial charge in [-0.05, 0) is 44.4 Å². The maximum Gasteiger partial charge on any atom is 0.292 e. The van der Waals surface area contributed by atoms with Crippen LogP contribution in [0.25, 0.3) is 16.5 Å². The number of benzene rings is 2. The summed E-state index contributed by atoms with van der Waals surface area (Å²) in [5.41, 5.74) is 5.27. The average molecular weight is 498 g/mol. The molecule has 2 aromatic heterocycles. The third-order valence-electron chi connectivity index (χ3n) is 6.65. The molecule has 1 aliphatic heterocycles. The Kier molecular flexibility index (Phi) is 7.11. The first-order valence-electron chi connectivity index (χ1n) is 12.8. The number of nitrogens with zero attached hydrogens (tertiary/aromatic N) is 6. The molecule has 0 aliphatic carbocycles. The van der Waals surface area contributed by atoms with E-state index in [0.717, 1.165) is 61.5 Å². The third-order valence-corrected chi connectivity index (χ3v) is 6.65. The average Bonchev–Trinajstić information content (AvgIpc) is 3.57. The lowest BCUT2D eigenvalue weighted by atomic mass is 10.1. The molecule has 2 aromatic carbocycles. The molecular formula is C28H31N7O2. The lowest BCUT2D eigenvalue weighted by Gasteiger charge is -2.20. The predicted octanol–water partition coefficient (Wildman–Crippen LogP) is 4.05. The molecule has 9 nitrogen and oxygen atoms in total. The number of carbonyl (C=O) groups is 1. The normalized spacial score (nSPS) is 13.6. The summed E-state index contributed by atoms with van der Waals surface area (Å²) in [6.07, 6.45) is 5.62. The quantitative estimate of drug-likeness (QED) is 0.293. The van der Waals surface area contributed by atoms with Gasteiger partial charge in [0, 0.05) is 25.0 Å². The molecule has 1 saturated heterocycles. The van der Waals surface area contributed by atoms with Crippen molar-refractivity contribution in [2.24, 2.45) is 5.10 Å². The minimum atomic E-state index is -0.464. The number of rotatable bonds is 8. The Labute approximate surface area is 215 Å². The van der Waals surface area contributed by atoms with Crippen molar-refractivity contribution in [3.8, 4) is 5.69 Å². The maximum atomic E-state index is 13.2. The third kappa shape index (κ3) is 4.89. The van der Waals surface area contributed by atoms with Crippen LogP contribution < -0.4 is 15.9 Å². The van der Waals surface area contributed by atoms with Crippen molar-refractivity contribution in [2.45, 2.75) is 46.1 Å². The molecule has 1 amide bonds. The van der Waals surface area contributed by atoms with Crippen LogP contribution in [0.1, 0.15) is 54.4 Å². The Hall–Kier alpha value is -4.27. The van der Waals surface area contributed by atoms with E-state index in [2.05, 4.69) is 20.5 Å².